The summed E-state index contributed by atoms with van der Waals surface area (Å²) in [6.07, 6.45) is 2.48. The van der Waals surface area contributed by atoms with Crippen molar-refractivity contribution in [1.82, 2.24) is 19.4 Å². The number of amides is 1. The number of nitrogens with zero attached hydrogens (tertiary/aromatic N) is 3. The van der Waals surface area contributed by atoms with Crippen LogP contribution in [0.25, 0.3) is 0 Å². The van der Waals surface area contributed by atoms with Crippen molar-refractivity contribution in [3.05, 3.63) is 0 Å². The molecular weight excluding hydrogens is 328 g/mol. The lowest BCUT2D eigenvalue weighted by molar-refractivity contribution is -0.126. The molecule has 0 aliphatic carbocycles. The number of likely N-dealkylation sites (N-methyl/N-ethyl adjacent to an activating group) is 1. The molecule has 2 rings (SSSR count). The van der Waals surface area contributed by atoms with Crippen molar-refractivity contribution < 1.29 is 13.2 Å². The van der Waals surface area contributed by atoms with Gasteiger partial charge in [-0.15, -0.1) is 0 Å². The lowest BCUT2D eigenvalue weighted by atomic mass is 9.99. The van der Waals surface area contributed by atoms with Gasteiger partial charge in [-0.25, -0.2) is 12.7 Å². The second-order valence-corrected chi connectivity index (χ2v) is 9.14. The van der Waals surface area contributed by atoms with Gasteiger partial charge in [-0.05, 0) is 39.8 Å². The van der Waals surface area contributed by atoms with E-state index in [9.17, 15) is 13.2 Å². The molecule has 0 aromatic carbocycles. The van der Waals surface area contributed by atoms with Crippen molar-refractivity contribution in [2.75, 3.05) is 65.2 Å². The SMILES string of the molecule is CCS(=O)(=O)N1CCC[C@H](C(=O)NCCCN2CCN(C)CC2)C1. The van der Waals surface area contributed by atoms with E-state index in [-0.39, 0.29) is 17.6 Å². The summed E-state index contributed by atoms with van der Waals surface area (Å²) in [7, 11) is -1.05. The Hall–Kier alpha value is -0.700. The molecule has 2 saturated heterocycles. The van der Waals surface area contributed by atoms with Gasteiger partial charge in [0.1, 0.15) is 0 Å². The Kier molecular flexibility index (Phi) is 7.46. The highest BCUT2D eigenvalue weighted by molar-refractivity contribution is 7.89. The maximum absolute atomic E-state index is 12.3. The van der Waals surface area contributed by atoms with Crippen LogP contribution < -0.4 is 5.32 Å². The third-order valence-corrected chi connectivity index (χ3v) is 6.91. The minimum absolute atomic E-state index is 0.00406. The van der Waals surface area contributed by atoms with Crippen LogP contribution >= 0.6 is 0 Å². The zero-order valence-electron chi connectivity index (χ0n) is 15.0. The topological polar surface area (TPSA) is 73.0 Å². The van der Waals surface area contributed by atoms with Crippen LogP contribution in [0.15, 0.2) is 0 Å². The lowest BCUT2D eigenvalue weighted by Gasteiger charge is -2.32. The standard InChI is InChI=1S/C16H32N4O3S/c1-3-24(22,23)20-9-4-6-15(14-20)16(21)17-7-5-8-19-12-10-18(2)11-13-19/h15H,3-14H2,1-2H3,(H,17,21)/t15-/m0/s1. The van der Waals surface area contributed by atoms with E-state index in [1.54, 1.807) is 6.92 Å². The molecule has 2 fully saturated rings. The zero-order valence-corrected chi connectivity index (χ0v) is 15.9. The highest BCUT2D eigenvalue weighted by Crippen LogP contribution is 2.19. The van der Waals surface area contributed by atoms with E-state index in [0.717, 1.165) is 52.0 Å². The minimum Gasteiger partial charge on any atom is -0.356 e. The van der Waals surface area contributed by atoms with Crippen molar-refractivity contribution in [2.45, 2.75) is 26.2 Å². The number of carbonyl (C=O) groups excluding carboxylic acids is 1. The van der Waals surface area contributed by atoms with Crippen LogP contribution in [0.2, 0.25) is 0 Å². The molecule has 0 unspecified atom stereocenters. The molecule has 2 aliphatic heterocycles. The Morgan fingerprint density at radius 1 is 1.17 bits per heavy atom. The molecular formula is C16H32N4O3S. The van der Waals surface area contributed by atoms with Crippen molar-refractivity contribution in [3.63, 3.8) is 0 Å². The Balaban J connectivity index is 1.67. The third kappa shape index (κ3) is 5.68. The van der Waals surface area contributed by atoms with E-state index in [4.69, 9.17) is 0 Å². The number of piperidine rings is 1. The molecule has 0 aromatic rings. The zero-order chi connectivity index (χ0) is 17.6. The van der Waals surface area contributed by atoms with Gasteiger partial charge < -0.3 is 15.1 Å². The quantitative estimate of drug-likeness (QED) is 0.637. The maximum atomic E-state index is 12.3. The van der Waals surface area contributed by atoms with Gasteiger partial charge in [0.05, 0.1) is 11.7 Å². The molecule has 2 heterocycles. The first kappa shape index (κ1) is 19.6. The molecule has 7 nitrogen and oxygen atoms in total. The number of carbonyl (C=O) groups is 1. The number of sulfonamides is 1. The molecule has 0 saturated carbocycles. The summed E-state index contributed by atoms with van der Waals surface area (Å²) in [5, 5.41) is 2.99. The molecule has 2 aliphatic rings. The summed E-state index contributed by atoms with van der Waals surface area (Å²) in [5.41, 5.74) is 0. The molecule has 24 heavy (non-hydrogen) atoms. The van der Waals surface area contributed by atoms with Crippen LogP contribution in [0.1, 0.15) is 26.2 Å². The van der Waals surface area contributed by atoms with E-state index >= 15 is 0 Å². The number of rotatable bonds is 7. The van der Waals surface area contributed by atoms with Crippen LogP contribution in [0, 0.1) is 5.92 Å². The molecule has 0 radical (unpaired) electrons. The number of hydrogen-bond donors (Lipinski definition) is 1. The first-order valence-electron chi connectivity index (χ1n) is 9.09. The number of hydrogen-bond acceptors (Lipinski definition) is 5. The molecule has 1 amide bonds. The van der Waals surface area contributed by atoms with Crippen LogP contribution in [0.5, 0.6) is 0 Å². The summed E-state index contributed by atoms with van der Waals surface area (Å²) in [6, 6.07) is 0. The molecule has 0 bridgehead atoms. The molecule has 0 aromatic heterocycles. The monoisotopic (exact) mass is 360 g/mol. The van der Waals surface area contributed by atoms with Crippen molar-refractivity contribution >= 4 is 15.9 Å². The summed E-state index contributed by atoms with van der Waals surface area (Å²) in [5.74, 6) is -0.0973. The molecule has 1 N–H and O–H groups in total. The average Bonchev–Trinajstić information content (AvgIpc) is 2.60. The maximum Gasteiger partial charge on any atom is 0.224 e. The Morgan fingerprint density at radius 3 is 2.54 bits per heavy atom. The number of nitrogens with one attached hydrogen (secondary N) is 1. The first-order chi connectivity index (χ1) is 11.4. The van der Waals surface area contributed by atoms with E-state index in [0.29, 0.717) is 19.6 Å². The highest BCUT2D eigenvalue weighted by Gasteiger charge is 2.31. The first-order valence-corrected chi connectivity index (χ1v) is 10.7. The summed E-state index contributed by atoms with van der Waals surface area (Å²) < 4.78 is 25.4. The summed E-state index contributed by atoms with van der Waals surface area (Å²) >= 11 is 0. The predicted octanol–water partition coefficient (Wildman–Crippen LogP) is -0.198. The van der Waals surface area contributed by atoms with Gasteiger partial charge >= 0.3 is 0 Å². The lowest BCUT2D eigenvalue weighted by Crippen LogP contribution is -2.47. The van der Waals surface area contributed by atoms with Crippen LogP contribution in [0.3, 0.4) is 0 Å². The van der Waals surface area contributed by atoms with Crippen molar-refractivity contribution in [2.24, 2.45) is 5.92 Å². The Bertz CT molecular complexity index is 503. The second kappa shape index (κ2) is 9.12. The van der Waals surface area contributed by atoms with Gasteiger partial charge in [0, 0.05) is 45.8 Å². The summed E-state index contributed by atoms with van der Waals surface area (Å²) in [4.78, 5) is 17.1. The fourth-order valence-corrected chi connectivity index (χ4v) is 4.50. The van der Waals surface area contributed by atoms with Gasteiger partial charge in [0.2, 0.25) is 15.9 Å². The highest BCUT2D eigenvalue weighted by atomic mass is 32.2. The Morgan fingerprint density at radius 2 is 1.88 bits per heavy atom. The van der Waals surface area contributed by atoms with E-state index < -0.39 is 10.0 Å². The Labute approximate surface area is 146 Å². The van der Waals surface area contributed by atoms with Gasteiger partial charge in [0.15, 0.2) is 0 Å². The molecule has 0 spiro atoms. The predicted molar refractivity (Wildman–Crippen MR) is 95.3 cm³/mol. The van der Waals surface area contributed by atoms with Gasteiger partial charge in [-0.3, -0.25) is 4.79 Å². The van der Waals surface area contributed by atoms with Crippen LogP contribution in [-0.4, -0.2) is 93.6 Å². The number of piperazine rings is 1. The summed E-state index contributed by atoms with van der Waals surface area (Å²) in [6.45, 7) is 8.61. The smallest absolute Gasteiger partial charge is 0.224 e. The molecule has 8 heteroatoms. The van der Waals surface area contributed by atoms with E-state index in [1.807, 2.05) is 0 Å². The van der Waals surface area contributed by atoms with E-state index in [1.165, 1.54) is 4.31 Å². The molecule has 140 valence electrons. The minimum atomic E-state index is -3.19. The van der Waals surface area contributed by atoms with Gasteiger partial charge in [0.25, 0.3) is 0 Å². The van der Waals surface area contributed by atoms with Crippen molar-refractivity contribution in [3.8, 4) is 0 Å². The second-order valence-electron chi connectivity index (χ2n) is 6.89. The fraction of sp³-hybridized carbons (Fsp3) is 0.938. The van der Waals surface area contributed by atoms with Crippen LogP contribution in [-0.2, 0) is 14.8 Å². The normalized spacial score (nSPS) is 24.8. The van der Waals surface area contributed by atoms with Gasteiger partial charge in [-0.2, -0.15) is 0 Å². The average molecular weight is 361 g/mol. The third-order valence-electron chi connectivity index (χ3n) is 5.06. The fourth-order valence-electron chi connectivity index (χ4n) is 3.32. The van der Waals surface area contributed by atoms with Gasteiger partial charge in [-0.1, -0.05) is 0 Å². The van der Waals surface area contributed by atoms with E-state index in [2.05, 4.69) is 22.2 Å². The van der Waals surface area contributed by atoms with Crippen LogP contribution in [0.4, 0.5) is 0 Å². The largest absolute Gasteiger partial charge is 0.356 e. The molecule has 1 atom stereocenters. The van der Waals surface area contributed by atoms with Crippen molar-refractivity contribution in [1.29, 1.82) is 0 Å².